The lowest BCUT2D eigenvalue weighted by Crippen LogP contribution is -2.56. The number of hydrogen-bond donors (Lipinski definition) is 4. The standard InChI is InChI=1S/C24H31N7O3S2/c1-13-4-7-19(26-11-13)30-21(33)23(35)28-15-6-5-14(20(32)25-2)10-17(15)27-22(34)24-29-16-8-9-31(3)12-18(16)36-24/h4,7,11,14-15,17H,5-6,8-10,12H2,1-3H3,(H,25,32)(H,27,34)(H,28,35)(H,26,30,33)/t14?,15-,17+/m0/s1. The first-order chi connectivity index (χ1) is 17.2. The van der Waals surface area contributed by atoms with E-state index in [1.54, 1.807) is 19.3 Å². The molecule has 12 heteroatoms. The summed E-state index contributed by atoms with van der Waals surface area (Å²) in [7, 11) is 3.66. The van der Waals surface area contributed by atoms with Crippen molar-refractivity contribution in [1.82, 2.24) is 30.8 Å². The van der Waals surface area contributed by atoms with Crippen LogP contribution in [0.5, 0.6) is 0 Å². The van der Waals surface area contributed by atoms with Gasteiger partial charge in [0.05, 0.1) is 11.7 Å². The second-order valence-electron chi connectivity index (χ2n) is 9.34. The van der Waals surface area contributed by atoms with Gasteiger partial charge in [-0.1, -0.05) is 18.3 Å². The molecule has 0 bridgehead atoms. The lowest BCUT2D eigenvalue weighted by atomic mass is 9.81. The molecule has 1 saturated carbocycles. The van der Waals surface area contributed by atoms with Gasteiger partial charge in [-0.15, -0.1) is 11.3 Å². The third kappa shape index (κ3) is 6.23. The zero-order valence-corrected chi connectivity index (χ0v) is 22.2. The highest BCUT2D eigenvalue weighted by Gasteiger charge is 2.36. The van der Waals surface area contributed by atoms with Crippen LogP contribution in [0.4, 0.5) is 5.82 Å². The molecule has 192 valence electrons. The molecule has 1 aliphatic heterocycles. The number of anilines is 1. The van der Waals surface area contributed by atoms with Crippen LogP contribution >= 0.6 is 23.6 Å². The Morgan fingerprint density at radius 1 is 1.17 bits per heavy atom. The average molecular weight is 530 g/mol. The van der Waals surface area contributed by atoms with Crippen LogP contribution in [0.3, 0.4) is 0 Å². The summed E-state index contributed by atoms with van der Waals surface area (Å²) >= 11 is 6.77. The van der Waals surface area contributed by atoms with Crippen molar-refractivity contribution in [3.63, 3.8) is 0 Å². The van der Waals surface area contributed by atoms with Crippen molar-refractivity contribution >= 4 is 52.1 Å². The van der Waals surface area contributed by atoms with Crippen molar-refractivity contribution in [1.29, 1.82) is 0 Å². The van der Waals surface area contributed by atoms with Crippen LogP contribution < -0.4 is 21.3 Å². The lowest BCUT2D eigenvalue weighted by molar-refractivity contribution is -0.125. The first-order valence-corrected chi connectivity index (χ1v) is 13.2. The topological polar surface area (TPSA) is 128 Å². The summed E-state index contributed by atoms with van der Waals surface area (Å²) in [5.74, 6) is -0.648. The molecule has 10 nitrogen and oxygen atoms in total. The smallest absolute Gasteiger partial charge is 0.284 e. The van der Waals surface area contributed by atoms with E-state index in [2.05, 4.69) is 36.1 Å². The summed E-state index contributed by atoms with van der Waals surface area (Å²) in [6.45, 7) is 3.61. The molecular formula is C24H31N7O3S2. The summed E-state index contributed by atoms with van der Waals surface area (Å²) in [6, 6.07) is 2.85. The lowest BCUT2D eigenvalue weighted by Gasteiger charge is -2.36. The maximum Gasteiger partial charge on any atom is 0.284 e. The number of hydrogen-bond acceptors (Lipinski definition) is 8. The average Bonchev–Trinajstić information content (AvgIpc) is 3.29. The maximum atomic E-state index is 13.2. The molecule has 4 N–H and O–H groups in total. The molecule has 1 fully saturated rings. The van der Waals surface area contributed by atoms with Gasteiger partial charge < -0.3 is 26.2 Å². The van der Waals surface area contributed by atoms with Crippen molar-refractivity contribution in [2.24, 2.45) is 5.92 Å². The molecule has 1 unspecified atom stereocenters. The number of nitrogens with one attached hydrogen (secondary N) is 4. The fourth-order valence-corrected chi connectivity index (χ4v) is 5.84. The Hall–Kier alpha value is -2.96. The summed E-state index contributed by atoms with van der Waals surface area (Å²) < 4.78 is 0. The third-order valence-corrected chi connectivity index (χ3v) is 7.96. The first kappa shape index (κ1) is 26.1. The highest BCUT2D eigenvalue weighted by atomic mass is 32.1. The van der Waals surface area contributed by atoms with Crippen LogP contribution in [0.25, 0.3) is 0 Å². The normalized spacial score (nSPS) is 21.7. The molecule has 4 rings (SSSR count). The van der Waals surface area contributed by atoms with E-state index in [-0.39, 0.29) is 28.8 Å². The van der Waals surface area contributed by atoms with Crippen LogP contribution in [0, 0.1) is 12.8 Å². The van der Waals surface area contributed by atoms with Crippen molar-refractivity contribution in [2.45, 2.75) is 51.2 Å². The first-order valence-electron chi connectivity index (χ1n) is 12.0. The van der Waals surface area contributed by atoms with Crippen LogP contribution in [-0.4, -0.2) is 70.3 Å². The van der Waals surface area contributed by atoms with Gasteiger partial charge in [0.2, 0.25) is 5.91 Å². The van der Waals surface area contributed by atoms with Crippen LogP contribution in [0.1, 0.15) is 45.2 Å². The van der Waals surface area contributed by atoms with E-state index in [4.69, 9.17) is 12.2 Å². The van der Waals surface area contributed by atoms with Gasteiger partial charge in [0.15, 0.2) is 10.00 Å². The molecule has 2 aromatic heterocycles. The van der Waals surface area contributed by atoms with Gasteiger partial charge in [0, 0.05) is 49.6 Å². The number of carbonyl (C=O) groups excluding carboxylic acids is 3. The highest BCUT2D eigenvalue weighted by molar-refractivity contribution is 7.82. The summed E-state index contributed by atoms with van der Waals surface area (Å²) in [4.78, 5) is 50.2. The van der Waals surface area contributed by atoms with Gasteiger partial charge in [-0.25, -0.2) is 9.97 Å². The zero-order valence-electron chi connectivity index (χ0n) is 20.6. The van der Waals surface area contributed by atoms with Crippen LogP contribution in [0.2, 0.25) is 0 Å². The fraction of sp³-hybridized carbons (Fsp3) is 0.500. The minimum atomic E-state index is -0.475. The molecule has 0 spiro atoms. The monoisotopic (exact) mass is 529 g/mol. The molecule has 3 atom stereocenters. The van der Waals surface area contributed by atoms with Gasteiger partial charge in [-0.05, 0) is 44.9 Å². The minimum absolute atomic E-state index is 0.00719. The molecule has 0 saturated heterocycles. The number of aromatic nitrogens is 2. The van der Waals surface area contributed by atoms with Crippen molar-refractivity contribution in [3.05, 3.63) is 39.5 Å². The molecule has 3 heterocycles. The number of amides is 3. The number of nitrogens with zero attached hydrogens (tertiary/aromatic N) is 3. The Bertz CT molecular complexity index is 1150. The quantitative estimate of drug-likeness (QED) is 0.428. The number of pyridine rings is 1. The van der Waals surface area contributed by atoms with E-state index in [9.17, 15) is 14.4 Å². The number of aryl methyl sites for hydroxylation is 1. The van der Waals surface area contributed by atoms with E-state index in [1.165, 1.54) is 11.3 Å². The SMILES string of the molecule is CNC(=O)C1CC[C@H](NC(=S)C(=O)Nc2ccc(C)cn2)[C@H](NC(=O)c2nc3c(s2)CN(C)CC3)C1. The number of carbonyl (C=O) groups is 3. The van der Waals surface area contributed by atoms with Gasteiger partial charge in [0.1, 0.15) is 5.82 Å². The van der Waals surface area contributed by atoms with E-state index < -0.39 is 11.9 Å². The van der Waals surface area contributed by atoms with Gasteiger partial charge in [-0.3, -0.25) is 14.4 Å². The Morgan fingerprint density at radius 3 is 2.69 bits per heavy atom. The van der Waals surface area contributed by atoms with Crippen LogP contribution in [-0.2, 0) is 22.6 Å². The number of rotatable bonds is 5. The molecule has 0 aromatic carbocycles. The molecule has 36 heavy (non-hydrogen) atoms. The number of thiocarbonyl (C=S) groups is 1. The van der Waals surface area contributed by atoms with Crippen molar-refractivity contribution in [2.75, 3.05) is 26.0 Å². The highest BCUT2D eigenvalue weighted by Crippen LogP contribution is 2.27. The minimum Gasteiger partial charge on any atom is -0.367 e. The molecule has 2 aliphatic rings. The Kier molecular flexibility index (Phi) is 8.27. The van der Waals surface area contributed by atoms with E-state index in [0.29, 0.717) is 30.1 Å². The third-order valence-electron chi connectivity index (χ3n) is 6.58. The largest absolute Gasteiger partial charge is 0.367 e. The summed E-state index contributed by atoms with van der Waals surface area (Å²) in [5, 5.41) is 12.0. The van der Waals surface area contributed by atoms with Gasteiger partial charge in [-0.2, -0.15) is 0 Å². The second kappa shape index (κ2) is 11.4. The molecule has 3 amide bonds. The summed E-state index contributed by atoms with van der Waals surface area (Å²) in [5.41, 5.74) is 1.96. The Balaban J connectivity index is 1.44. The van der Waals surface area contributed by atoms with E-state index in [1.807, 2.05) is 20.0 Å². The predicted octanol–water partition coefficient (Wildman–Crippen LogP) is 1.40. The maximum absolute atomic E-state index is 13.2. The predicted molar refractivity (Wildman–Crippen MR) is 142 cm³/mol. The van der Waals surface area contributed by atoms with Crippen molar-refractivity contribution < 1.29 is 14.4 Å². The zero-order chi connectivity index (χ0) is 25.8. The molecule has 2 aromatic rings. The van der Waals surface area contributed by atoms with Crippen molar-refractivity contribution in [3.8, 4) is 0 Å². The Morgan fingerprint density at radius 2 is 1.97 bits per heavy atom. The summed E-state index contributed by atoms with van der Waals surface area (Å²) in [6.07, 6.45) is 4.10. The molecular weight excluding hydrogens is 498 g/mol. The number of likely N-dealkylation sites (N-methyl/N-ethyl adjacent to an activating group) is 1. The van der Waals surface area contributed by atoms with E-state index in [0.717, 1.165) is 35.6 Å². The number of fused-ring (bicyclic) bond motifs is 1. The second-order valence-corrected chi connectivity index (χ2v) is 10.8. The van der Waals surface area contributed by atoms with E-state index >= 15 is 0 Å². The van der Waals surface area contributed by atoms with Gasteiger partial charge >= 0.3 is 0 Å². The molecule has 0 radical (unpaired) electrons. The fourth-order valence-electron chi connectivity index (χ4n) is 4.54. The molecule has 1 aliphatic carbocycles. The number of thiazole rings is 1. The Labute approximate surface area is 219 Å². The van der Waals surface area contributed by atoms with Gasteiger partial charge in [0.25, 0.3) is 11.8 Å². The van der Waals surface area contributed by atoms with Crippen LogP contribution in [0.15, 0.2) is 18.3 Å².